The van der Waals surface area contributed by atoms with Crippen molar-refractivity contribution < 1.29 is 9.53 Å². The number of anilines is 1. The molecule has 12 heteroatoms. The maximum Gasteiger partial charge on any atom is 0.318 e. The molecule has 41 heavy (non-hydrogen) atoms. The number of likely N-dealkylation sites (tertiary alicyclic amines) is 1. The van der Waals surface area contributed by atoms with E-state index in [0.717, 1.165) is 53.1 Å². The first-order valence-electron chi connectivity index (χ1n) is 14.1. The lowest BCUT2D eigenvalue weighted by Crippen LogP contribution is -2.55. The molecule has 0 radical (unpaired) electrons. The number of nitriles is 1. The van der Waals surface area contributed by atoms with Crippen LogP contribution in [0.4, 0.5) is 5.82 Å². The first-order chi connectivity index (χ1) is 19.9. The topological polar surface area (TPSA) is 118 Å². The quantitative estimate of drug-likeness (QED) is 0.404. The van der Waals surface area contributed by atoms with E-state index in [1.54, 1.807) is 11.2 Å². The maximum atomic E-state index is 12.5. The van der Waals surface area contributed by atoms with Crippen LogP contribution < -0.4 is 9.64 Å². The van der Waals surface area contributed by atoms with Crippen LogP contribution in [-0.2, 0) is 24.4 Å². The van der Waals surface area contributed by atoms with Crippen molar-refractivity contribution in [2.45, 2.75) is 51.0 Å². The van der Waals surface area contributed by atoms with Crippen LogP contribution in [0.3, 0.4) is 0 Å². The molecule has 2 atom stereocenters. The Morgan fingerprint density at radius 1 is 1.27 bits per heavy atom. The Labute approximate surface area is 244 Å². The highest BCUT2D eigenvalue weighted by atomic mass is 35.5. The third kappa shape index (κ3) is 5.47. The minimum Gasteiger partial charge on any atom is -0.462 e. The molecule has 0 spiro atoms. The number of nitrogens with zero attached hydrogens (tertiary/aromatic N) is 8. The van der Waals surface area contributed by atoms with Crippen molar-refractivity contribution >= 4 is 34.4 Å². The minimum atomic E-state index is -0.255. The van der Waals surface area contributed by atoms with Crippen molar-refractivity contribution in [3.63, 3.8) is 0 Å². The number of nitrogens with one attached hydrogen (secondary N) is 1. The summed E-state index contributed by atoms with van der Waals surface area (Å²) in [5, 5.41) is 10.2. The fraction of sp³-hybridized carbons (Fsp3) is 0.483. The molecular weight excluding hydrogens is 542 g/mol. The average molecular weight is 576 g/mol. The van der Waals surface area contributed by atoms with Gasteiger partial charge in [0.15, 0.2) is 0 Å². The first kappa shape index (κ1) is 27.4. The zero-order valence-electron chi connectivity index (χ0n) is 23.2. The van der Waals surface area contributed by atoms with Crippen molar-refractivity contribution in [2.75, 3.05) is 44.7 Å². The molecular formula is C29H34ClN9O2. The van der Waals surface area contributed by atoms with Gasteiger partial charge in [0.1, 0.15) is 12.4 Å². The number of carbonyl (C=O) groups is 1. The monoisotopic (exact) mass is 575 g/mol. The van der Waals surface area contributed by atoms with Gasteiger partial charge < -0.3 is 24.4 Å². The molecule has 11 nitrogen and oxygen atoms in total. The number of benzene rings is 1. The van der Waals surface area contributed by atoms with Crippen LogP contribution in [0.15, 0.2) is 31.1 Å². The number of imidazole rings is 1. The van der Waals surface area contributed by atoms with Gasteiger partial charge in [0.05, 0.1) is 41.6 Å². The Hall–Kier alpha value is -3.72. The van der Waals surface area contributed by atoms with Gasteiger partial charge in [0.2, 0.25) is 5.91 Å². The number of ether oxygens (including phenoxy) is 1. The molecule has 0 unspecified atom stereocenters. The van der Waals surface area contributed by atoms with E-state index in [1.807, 2.05) is 12.1 Å². The number of rotatable bonds is 8. The number of aromatic amines is 1. The molecule has 0 aliphatic carbocycles. The molecule has 1 aromatic carbocycles. The smallest absolute Gasteiger partial charge is 0.318 e. The molecule has 214 valence electrons. The number of fused-ring (bicyclic) bond motifs is 2. The van der Waals surface area contributed by atoms with E-state index in [1.165, 1.54) is 6.08 Å². The lowest BCUT2D eigenvalue weighted by molar-refractivity contribution is -0.128. The number of hydrogen-bond acceptors (Lipinski definition) is 9. The zero-order chi connectivity index (χ0) is 28.5. The van der Waals surface area contributed by atoms with Gasteiger partial charge in [-0.1, -0.05) is 18.2 Å². The number of hydrogen-bond donors (Lipinski definition) is 1. The van der Waals surface area contributed by atoms with E-state index in [0.29, 0.717) is 63.0 Å². The van der Waals surface area contributed by atoms with Crippen molar-refractivity contribution in [3.05, 3.63) is 53.0 Å². The Morgan fingerprint density at radius 3 is 2.93 bits per heavy atom. The van der Waals surface area contributed by atoms with Gasteiger partial charge in [0.25, 0.3) is 0 Å². The van der Waals surface area contributed by atoms with Crippen molar-refractivity contribution in [2.24, 2.45) is 0 Å². The second kappa shape index (κ2) is 11.6. The van der Waals surface area contributed by atoms with Gasteiger partial charge in [-0.25, -0.2) is 4.98 Å². The van der Waals surface area contributed by atoms with E-state index < -0.39 is 0 Å². The summed E-state index contributed by atoms with van der Waals surface area (Å²) in [6.45, 7) is 8.69. The highest BCUT2D eigenvalue weighted by Gasteiger charge is 2.34. The number of piperazine rings is 1. The number of likely N-dealkylation sites (N-methyl/N-ethyl adjacent to an activating group) is 1. The SMILES string of the molecule is C=CC(=O)N1CCN(c2nc(OC[C@@H]3CCCN3C)nc3c2CN(Cc2c(Cl)ccc4[nH]cnc24)C3)C[C@@H]1CC#N. The molecule has 3 aliphatic rings. The van der Waals surface area contributed by atoms with E-state index in [-0.39, 0.29) is 18.4 Å². The fourth-order valence-corrected chi connectivity index (χ4v) is 6.44. The van der Waals surface area contributed by atoms with Gasteiger partial charge in [-0.3, -0.25) is 9.69 Å². The normalized spacial score (nSPS) is 21.3. The molecule has 2 fully saturated rings. The molecule has 5 heterocycles. The van der Waals surface area contributed by atoms with Crippen LogP contribution in [0.1, 0.15) is 36.1 Å². The highest BCUT2D eigenvalue weighted by Crippen LogP contribution is 2.35. The van der Waals surface area contributed by atoms with E-state index in [9.17, 15) is 10.1 Å². The number of aromatic nitrogens is 4. The van der Waals surface area contributed by atoms with E-state index >= 15 is 0 Å². The van der Waals surface area contributed by atoms with Gasteiger partial charge in [-0.2, -0.15) is 15.2 Å². The van der Waals surface area contributed by atoms with Crippen LogP contribution >= 0.6 is 11.6 Å². The highest BCUT2D eigenvalue weighted by molar-refractivity contribution is 6.32. The Kier molecular flexibility index (Phi) is 7.79. The fourth-order valence-electron chi connectivity index (χ4n) is 6.23. The zero-order valence-corrected chi connectivity index (χ0v) is 24.0. The summed E-state index contributed by atoms with van der Waals surface area (Å²) >= 11 is 6.63. The standard InChI is InChI=1S/C29H34ClN9O2/c1-3-26(40)39-12-11-38(13-19(39)8-9-31)28-22-15-37(14-21-23(30)6-7-24-27(21)33-18-32-24)16-25(22)34-29(35-28)41-17-20-5-4-10-36(20)2/h3,6-7,18-20H,1,4-5,8,10-17H2,2H3,(H,32,33)/t19-,20-/m0/s1. The van der Waals surface area contributed by atoms with Crippen LogP contribution in [0.2, 0.25) is 5.02 Å². The number of carbonyl (C=O) groups excluding carboxylic acids is 1. The van der Waals surface area contributed by atoms with Gasteiger partial charge in [-0.15, -0.1) is 0 Å². The summed E-state index contributed by atoms with van der Waals surface area (Å²) in [4.78, 5) is 38.5. The molecule has 0 saturated carbocycles. The van der Waals surface area contributed by atoms with Crippen LogP contribution in [-0.4, -0.2) is 92.5 Å². The Balaban J connectivity index is 1.29. The molecule has 3 aromatic rings. The number of amides is 1. The summed E-state index contributed by atoms with van der Waals surface area (Å²) in [5.74, 6) is 0.656. The predicted molar refractivity (Wildman–Crippen MR) is 155 cm³/mol. The Bertz CT molecular complexity index is 1500. The Morgan fingerprint density at radius 2 is 2.15 bits per heavy atom. The summed E-state index contributed by atoms with van der Waals surface area (Å²) in [6, 6.07) is 6.54. The number of H-pyrrole nitrogens is 1. The maximum absolute atomic E-state index is 12.5. The van der Waals surface area contributed by atoms with Crippen LogP contribution in [0, 0.1) is 11.3 Å². The predicted octanol–water partition coefficient (Wildman–Crippen LogP) is 3.11. The molecule has 6 rings (SSSR count). The summed E-state index contributed by atoms with van der Waals surface area (Å²) < 4.78 is 6.21. The van der Waals surface area contributed by atoms with Gasteiger partial charge in [-0.05, 0) is 44.6 Å². The molecule has 0 bridgehead atoms. The summed E-state index contributed by atoms with van der Waals surface area (Å²) in [7, 11) is 2.12. The van der Waals surface area contributed by atoms with Crippen molar-refractivity contribution in [1.82, 2.24) is 34.6 Å². The van der Waals surface area contributed by atoms with Crippen molar-refractivity contribution in [3.8, 4) is 12.1 Å². The van der Waals surface area contributed by atoms with Crippen LogP contribution in [0.25, 0.3) is 11.0 Å². The van der Waals surface area contributed by atoms with E-state index in [2.05, 4.69) is 44.4 Å². The molecule has 2 aromatic heterocycles. The van der Waals surface area contributed by atoms with Crippen LogP contribution in [0.5, 0.6) is 6.01 Å². The molecule has 2 saturated heterocycles. The molecule has 1 N–H and O–H groups in total. The summed E-state index contributed by atoms with van der Waals surface area (Å²) in [6.07, 6.45) is 5.49. The summed E-state index contributed by atoms with van der Waals surface area (Å²) in [5.41, 5.74) is 4.76. The first-order valence-corrected chi connectivity index (χ1v) is 14.4. The second-order valence-electron chi connectivity index (χ2n) is 11.0. The largest absolute Gasteiger partial charge is 0.462 e. The molecule has 3 aliphatic heterocycles. The molecule has 1 amide bonds. The van der Waals surface area contributed by atoms with Gasteiger partial charge in [0, 0.05) is 61.5 Å². The third-order valence-electron chi connectivity index (χ3n) is 8.47. The lowest BCUT2D eigenvalue weighted by atomic mass is 10.1. The van der Waals surface area contributed by atoms with Crippen molar-refractivity contribution in [1.29, 1.82) is 5.26 Å². The lowest BCUT2D eigenvalue weighted by Gasteiger charge is -2.41. The second-order valence-corrected chi connectivity index (χ2v) is 11.4. The van der Waals surface area contributed by atoms with E-state index in [4.69, 9.17) is 26.3 Å². The average Bonchev–Trinajstić information content (AvgIpc) is 3.72. The third-order valence-corrected chi connectivity index (χ3v) is 8.82. The number of halogens is 1. The van der Waals surface area contributed by atoms with Gasteiger partial charge >= 0.3 is 6.01 Å². The minimum absolute atomic E-state index is 0.155.